The first kappa shape index (κ1) is 27.3. The maximum atomic E-state index is 13.6. The van der Waals surface area contributed by atoms with Crippen molar-refractivity contribution in [3.05, 3.63) is 106 Å². The fraction of sp³-hybridized carbons (Fsp3) is 0.194. The largest absolute Gasteiger partial charge is 0.490 e. The number of hydrogen-bond acceptors (Lipinski definition) is 5. The van der Waals surface area contributed by atoms with Crippen LogP contribution in [0.3, 0.4) is 0 Å². The van der Waals surface area contributed by atoms with Crippen molar-refractivity contribution in [2.45, 2.75) is 33.8 Å². The number of allylic oxidation sites excluding steroid dienone is 1. The highest BCUT2D eigenvalue weighted by Crippen LogP contribution is 2.36. The topological polar surface area (TPSA) is 84.9 Å². The van der Waals surface area contributed by atoms with Gasteiger partial charge in [-0.3, -0.25) is 14.9 Å². The number of carbonyl (C=O) groups excluding carboxylic acids is 3. The van der Waals surface area contributed by atoms with Gasteiger partial charge in [-0.05, 0) is 91.9 Å². The first-order valence-electron chi connectivity index (χ1n) is 12.5. The zero-order chi connectivity index (χ0) is 28.1. The highest BCUT2D eigenvalue weighted by atomic mass is 19.1. The zero-order valence-corrected chi connectivity index (χ0v) is 22.0. The lowest BCUT2D eigenvalue weighted by atomic mass is 10.0. The number of barbiturate groups is 1. The van der Waals surface area contributed by atoms with E-state index < -0.39 is 17.8 Å². The maximum absolute atomic E-state index is 13.6. The van der Waals surface area contributed by atoms with Crippen molar-refractivity contribution in [1.29, 1.82) is 0 Å². The second kappa shape index (κ2) is 11.8. The van der Waals surface area contributed by atoms with E-state index in [9.17, 15) is 18.8 Å². The highest BCUT2D eigenvalue weighted by molar-refractivity contribution is 6.39. The van der Waals surface area contributed by atoms with Gasteiger partial charge in [0.1, 0.15) is 18.0 Å². The number of nitrogens with zero attached hydrogens (tertiary/aromatic N) is 1. The van der Waals surface area contributed by atoms with E-state index in [-0.39, 0.29) is 18.0 Å². The molecule has 1 aliphatic rings. The average molecular weight is 529 g/mol. The van der Waals surface area contributed by atoms with Crippen molar-refractivity contribution in [2.24, 2.45) is 0 Å². The van der Waals surface area contributed by atoms with E-state index in [2.05, 4.69) is 11.9 Å². The van der Waals surface area contributed by atoms with Gasteiger partial charge in [0.2, 0.25) is 0 Å². The molecule has 3 aromatic rings. The Morgan fingerprint density at radius 1 is 1.00 bits per heavy atom. The lowest BCUT2D eigenvalue weighted by Crippen LogP contribution is -2.54. The molecule has 1 heterocycles. The monoisotopic (exact) mass is 528 g/mol. The maximum Gasteiger partial charge on any atom is 0.335 e. The molecule has 0 spiro atoms. The summed E-state index contributed by atoms with van der Waals surface area (Å²) in [5, 5.41) is 2.25. The average Bonchev–Trinajstić information content (AvgIpc) is 2.88. The number of imide groups is 2. The van der Waals surface area contributed by atoms with E-state index in [0.717, 1.165) is 16.0 Å². The van der Waals surface area contributed by atoms with Crippen LogP contribution in [0.15, 0.2) is 72.8 Å². The molecule has 3 aromatic carbocycles. The van der Waals surface area contributed by atoms with Crippen LogP contribution in [0.2, 0.25) is 0 Å². The smallest absolute Gasteiger partial charge is 0.335 e. The SMILES string of the molecule is C=CCc1cc(/C=C2\C(=O)NC(=O)N(c3ccc(C)c(C)c3)C2=O)cc(OCC)c1OCc1cccc(F)c1. The number of hydrogen-bond donors (Lipinski definition) is 1. The van der Waals surface area contributed by atoms with Crippen LogP contribution < -0.4 is 19.7 Å². The van der Waals surface area contributed by atoms with Crippen LogP contribution in [0.1, 0.15) is 34.7 Å². The molecule has 0 saturated carbocycles. The molecule has 0 radical (unpaired) electrons. The molecule has 7 nitrogen and oxygen atoms in total. The quantitative estimate of drug-likeness (QED) is 0.215. The Bertz CT molecular complexity index is 1490. The number of ether oxygens (including phenoxy) is 2. The predicted molar refractivity (Wildman–Crippen MR) is 147 cm³/mol. The number of rotatable bonds is 9. The summed E-state index contributed by atoms with van der Waals surface area (Å²) >= 11 is 0. The van der Waals surface area contributed by atoms with Crippen LogP contribution in [0, 0.1) is 19.7 Å². The standard InChI is InChI=1S/C31H29FN2O5/c1-5-8-23-14-22(17-27(38-6-2)28(23)39-18-21-9-7-10-24(32)15-21)16-26-29(35)33-31(37)34(30(26)36)25-12-11-19(3)20(4)13-25/h5,7,9-17H,1,6,8,18H2,2-4H3,(H,33,35,37)/b26-16+. The minimum atomic E-state index is -0.811. The van der Waals surface area contributed by atoms with Gasteiger partial charge >= 0.3 is 6.03 Å². The van der Waals surface area contributed by atoms with Crippen molar-refractivity contribution in [3.63, 3.8) is 0 Å². The van der Waals surface area contributed by atoms with Crippen LogP contribution >= 0.6 is 0 Å². The second-order valence-corrected chi connectivity index (χ2v) is 9.08. The van der Waals surface area contributed by atoms with Crippen molar-refractivity contribution in [3.8, 4) is 11.5 Å². The van der Waals surface area contributed by atoms with Gasteiger partial charge in [-0.15, -0.1) is 6.58 Å². The summed E-state index contributed by atoms with van der Waals surface area (Å²) in [4.78, 5) is 39.7. The van der Waals surface area contributed by atoms with Crippen LogP contribution in [0.4, 0.5) is 14.9 Å². The highest BCUT2D eigenvalue weighted by Gasteiger charge is 2.37. The Morgan fingerprint density at radius 2 is 1.79 bits per heavy atom. The van der Waals surface area contributed by atoms with Crippen LogP contribution in [0.5, 0.6) is 11.5 Å². The molecule has 1 aliphatic heterocycles. The molecule has 1 N–H and O–H groups in total. The summed E-state index contributed by atoms with van der Waals surface area (Å²) in [6, 6.07) is 13.9. The third-order valence-electron chi connectivity index (χ3n) is 6.25. The van der Waals surface area contributed by atoms with E-state index in [4.69, 9.17) is 9.47 Å². The minimum Gasteiger partial charge on any atom is -0.490 e. The Kier molecular flexibility index (Phi) is 8.24. The lowest BCUT2D eigenvalue weighted by Gasteiger charge is -2.27. The molecule has 8 heteroatoms. The number of halogens is 1. The van der Waals surface area contributed by atoms with E-state index >= 15 is 0 Å². The summed E-state index contributed by atoms with van der Waals surface area (Å²) in [7, 11) is 0. The molecule has 0 atom stereocenters. The van der Waals surface area contributed by atoms with Crippen molar-refractivity contribution in [2.75, 3.05) is 11.5 Å². The molecule has 1 fully saturated rings. The number of carbonyl (C=O) groups is 3. The van der Waals surface area contributed by atoms with Crippen molar-refractivity contribution in [1.82, 2.24) is 5.32 Å². The molecule has 0 unspecified atom stereocenters. The van der Waals surface area contributed by atoms with Gasteiger partial charge in [0.25, 0.3) is 11.8 Å². The fourth-order valence-corrected chi connectivity index (χ4v) is 4.21. The van der Waals surface area contributed by atoms with E-state index in [0.29, 0.717) is 46.9 Å². The van der Waals surface area contributed by atoms with Gasteiger partial charge in [-0.1, -0.05) is 24.3 Å². The lowest BCUT2D eigenvalue weighted by molar-refractivity contribution is -0.122. The molecular formula is C31H29FN2O5. The van der Waals surface area contributed by atoms with E-state index in [1.807, 2.05) is 26.8 Å². The first-order chi connectivity index (χ1) is 18.7. The number of aryl methyl sites for hydroxylation is 2. The molecule has 39 heavy (non-hydrogen) atoms. The first-order valence-corrected chi connectivity index (χ1v) is 12.5. The Morgan fingerprint density at radius 3 is 2.49 bits per heavy atom. The molecule has 0 aliphatic carbocycles. The summed E-state index contributed by atoms with van der Waals surface area (Å²) in [6.07, 6.45) is 3.52. The second-order valence-electron chi connectivity index (χ2n) is 9.08. The van der Waals surface area contributed by atoms with E-state index in [1.54, 1.807) is 42.5 Å². The molecular weight excluding hydrogens is 499 g/mol. The third kappa shape index (κ3) is 6.06. The number of amides is 4. The third-order valence-corrected chi connectivity index (χ3v) is 6.25. The molecule has 0 aromatic heterocycles. The van der Waals surface area contributed by atoms with Crippen LogP contribution in [-0.4, -0.2) is 24.5 Å². The van der Waals surface area contributed by atoms with Crippen LogP contribution in [0.25, 0.3) is 6.08 Å². The van der Waals surface area contributed by atoms with Gasteiger partial charge in [-0.2, -0.15) is 0 Å². The summed E-state index contributed by atoms with van der Waals surface area (Å²) in [5.41, 5.74) is 3.92. The number of urea groups is 1. The van der Waals surface area contributed by atoms with Gasteiger partial charge in [0, 0.05) is 5.56 Å². The molecule has 200 valence electrons. The Hall–Kier alpha value is -4.72. The van der Waals surface area contributed by atoms with Gasteiger partial charge in [-0.25, -0.2) is 14.1 Å². The van der Waals surface area contributed by atoms with Gasteiger partial charge < -0.3 is 9.47 Å². The van der Waals surface area contributed by atoms with Gasteiger partial charge in [0.15, 0.2) is 11.5 Å². The normalized spacial score (nSPS) is 14.4. The van der Waals surface area contributed by atoms with E-state index in [1.165, 1.54) is 18.2 Å². The summed E-state index contributed by atoms with van der Waals surface area (Å²) < 4.78 is 25.5. The molecule has 0 bridgehead atoms. The Balaban J connectivity index is 1.72. The van der Waals surface area contributed by atoms with Crippen molar-refractivity contribution < 1.29 is 28.2 Å². The number of benzene rings is 3. The fourth-order valence-electron chi connectivity index (χ4n) is 4.21. The Labute approximate surface area is 226 Å². The minimum absolute atomic E-state index is 0.107. The van der Waals surface area contributed by atoms with Crippen LogP contribution in [-0.2, 0) is 22.6 Å². The number of anilines is 1. The zero-order valence-electron chi connectivity index (χ0n) is 22.0. The number of nitrogens with one attached hydrogen (secondary N) is 1. The molecule has 4 rings (SSSR count). The predicted octanol–water partition coefficient (Wildman–Crippen LogP) is 5.82. The summed E-state index contributed by atoms with van der Waals surface area (Å²) in [5.74, 6) is -1.04. The molecule has 4 amide bonds. The summed E-state index contributed by atoms with van der Waals surface area (Å²) in [6.45, 7) is 9.87. The van der Waals surface area contributed by atoms with Gasteiger partial charge in [0.05, 0.1) is 12.3 Å². The van der Waals surface area contributed by atoms with Crippen molar-refractivity contribution >= 4 is 29.6 Å². The molecule has 1 saturated heterocycles.